The van der Waals surface area contributed by atoms with Gasteiger partial charge in [0.25, 0.3) is 0 Å². The first-order chi connectivity index (χ1) is 8.42. The van der Waals surface area contributed by atoms with Crippen LogP contribution in [-0.2, 0) is 9.53 Å². The molecule has 0 bridgehead atoms. The van der Waals surface area contributed by atoms with Gasteiger partial charge < -0.3 is 15.0 Å². The van der Waals surface area contributed by atoms with Crippen molar-refractivity contribution in [3.63, 3.8) is 0 Å². The first kappa shape index (κ1) is 15.4. The molecule has 1 rings (SSSR count). The van der Waals surface area contributed by atoms with Crippen molar-refractivity contribution < 1.29 is 9.53 Å². The minimum atomic E-state index is -0.0104. The van der Waals surface area contributed by atoms with E-state index < -0.39 is 0 Å². The molecule has 0 radical (unpaired) electrons. The zero-order chi connectivity index (χ0) is 13.6. The average Bonchev–Trinajstić information content (AvgIpc) is 2.33. The highest BCUT2D eigenvalue weighted by atomic mass is 16.5. The fourth-order valence-corrected chi connectivity index (χ4v) is 2.04. The quantitative estimate of drug-likeness (QED) is 0.815. The molecule has 1 fully saturated rings. The zero-order valence-corrected chi connectivity index (χ0v) is 12.3. The summed E-state index contributed by atoms with van der Waals surface area (Å²) in [6.07, 6.45) is 3.40. The lowest BCUT2D eigenvalue weighted by Crippen LogP contribution is -2.49. The Morgan fingerprint density at radius 3 is 2.78 bits per heavy atom. The van der Waals surface area contributed by atoms with Crippen LogP contribution in [0.2, 0.25) is 0 Å². The standard InChI is InChI=1S/C14H28N2O2/c1-5-9-18-12-7-6-8-16(11-12)13(17)10-15-14(2,3)4/h12,15H,5-11H2,1-4H3. The van der Waals surface area contributed by atoms with Gasteiger partial charge in [0.15, 0.2) is 0 Å². The molecule has 1 aliphatic heterocycles. The number of ether oxygens (including phenoxy) is 1. The van der Waals surface area contributed by atoms with Crippen LogP contribution < -0.4 is 5.32 Å². The summed E-state index contributed by atoms with van der Waals surface area (Å²) in [4.78, 5) is 14.0. The first-order valence-corrected chi connectivity index (χ1v) is 7.07. The third kappa shape index (κ3) is 5.83. The highest BCUT2D eigenvalue weighted by Gasteiger charge is 2.24. The van der Waals surface area contributed by atoms with Gasteiger partial charge in [-0.05, 0) is 40.0 Å². The van der Waals surface area contributed by atoms with E-state index in [4.69, 9.17) is 4.74 Å². The second kappa shape index (κ2) is 7.10. The molecule has 0 aromatic rings. The van der Waals surface area contributed by atoms with Gasteiger partial charge in [-0.1, -0.05) is 6.92 Å². The van der Waals surface area contributed by atoms with Crippen molar-refractivity contribution in [1.29, 1.82) is 0 Å². The molecule has 0 saturated carbocycles. The van der Waals surface area contributed by atoms with E-state index in [1.165, 1.54) is 0 Å². The molecule has 18 heavy (non-hydrogen) atoms. The third-order valence-electron chi connectivity index (χ3n) is 3.06. The number of likely N-dealkylation sites (tertiary alicyclic amines) is 1. The normalized spacial score (nSPS) is 21.1. The monoisotopic (exact) mass is 256 g/mol. The number of piperidine rings is 1. The van der Waals surface area contributed by atoms with Gasteiger partial charge in [0.05, 0.1) is 12.6 Å². The topological polar surface area (TPSA) is 41.6 Å². The highest BCUT2D eigenvalue weighted by Crippen LogP contribution is 2.13. The van der Waals surface area contributed by atoms with E-state index in [0.717, 1.165) is 39.0 Å². The molecule has 1 unspecified atom stereocenters. The number of nitrogens with zero attached hydrogens (tertiary/aromatic N) is 1. The van der Waals surface area contributed by atoms with Crippen LogP contribution in [0.5, 0.6) is 0 Å². The lowest BCUT2D eigenvalue weighted by atomic mass is 10.1. The van der Waals surface area contributed by atoms with Crippen molar-refractivity contribution in [3.8, 4) is 0 Å². The van der Waals surface area contributed by atoms with Crippen LogP contribution in [0.4, 0.5) is 0 Å². The minimum absolute atomic E-state index is 0.0104. The fourth-order valence-electron chi connectivity index (χ4n) is 2.04. The summed E-state index contributed by atoms with van der Waals surface area (Å²) in [7, 11) is 0. The van der Waals surface area contributed by atoms with Gasteiger partial charge in [-0.3, -0.25) is 4.79 Å². The van der Waals surface area contributed by atoms with Crippen LogP contribution >= 0.6 is 0 Å². The molecule has 0 aromatic heterocycles. The number of carbonyl (C=O) groups is 1. The molecular weight excluding hydrogens is 228 g/mol. The van der Waals surface area contributed by atoms with Crippen LogP contribution in [-0.4, -0.2) is 48.7 Å². The van der Waals surface area contributed by atoms with Crippen LogP contribution in [0.15, 0.2) is 0 Å². The Morgan fingerprint density at radius 2 is 2.17 bits per heavy atom. The van der Waals surface area contributed by atoms with Crippen molar-refractivity contribution in [1.82, 2.24) is 10.2 Å². The zero-order valence-electron chi connectivity index (χ0n) is 12.3. The molecule has 4 nitrogen and oxygen atoms in total. The summed E-state index contributed by atoms with van der Waals surface area (Å²) in [5.74, 6) is 0.190. The van der Waals surface area contributed by atoms with Crippen LogP contribution in [0.1, 0.15) is 47.0 Å². The minimum Gasteiger partial charge on any atom is -0.376 e. The number of carbonyl (C=O) groups excluding carboxylic acids is 1. The lowest BCUT2D eigenvalue weighted by molar-refractivity contribution is -0.134. The maximum absolute atomic E-state index is 12.1. The third-order valence-corrected chi connectivity index (χ3v) is 3.06. The Kier molecular flexibility index (Phi) is 6.09. The summed E-state index contributed by atoms with van der Waals surface area (Å²) in [6.45, 7) is 11.2. The molecular formula is C14H28N2O2. The molecule has 106 valence electrons. The number of amides is 1. The molecule has 0 aromatic carbocycles. The van der Waals surface area contributed by atoms with Gasteiger partial charge in [-0.15, -0.1) is 0 Å². The predicted molar refractivity (Wildman–Crippen MR) is 73.6 cm³/mol. The van der Waals surface area contributed by atoms with Gasteiger partial charge in [-0.2, -0.15) is 0 Å². The summed E-state index contributed by atoms with van der Waals surface area (Å²) in [5, 5.41) is 3.24. The van der Waals surface area contributed by atoms with E-state index in [9.17, 15) is 4.79 Å². The summed E-state index contributed by atoms with van der Waals surface area (Å²) >= 11 is 0. The Morgan fingerprint density at radius 1 is 1.44 bits per heavy atom. The van der Waals surface area contributed by atoms with Crippen molar-refractivity contribution in [2.75, 3.05) is 26.2 Å². The molecule has 1 aliphatic rings. The van der Waals surface area contributed by atoms with Gasteiger partial charge in [-0.25, -0.2) is 0 Å². The van der Waals surface area contributed by atoms with E-state index in [0.29, 0.717) is 6.54 Å². The molecule has 4 heteroatoms. The second-order valence-electron chi connectivity index (χ2n) is 6.08. The predicted octanol–water partition coefficient (Wildman–Crippen LogP) is 1.79. The number of hydrogen-bond donors (Lipinski definition) is 1. The Bertz CT molecular complexity index is 261. The summed E-state index contributed by atoms with van der Waals surface area (Å²) < 4.78 is 5.74. The number of rotatable bonds is 5. The average molecular weight is 256 g/mol. The molecule has 0 aliphatic carbocycles. The smallest absolute Gasteiger partial charge is 0.236 e. The second-order valence-corrected chi connectivity index (χ2v) is 6.08. The molecule has 1 saturated heterocycles. The van der Waals surface area contributed by atoms with Gasteiger partial charge in [0.2, 0.25) is 5.91 Å². The Balaban J connectivity index is 2.34. The Hall–Kier alpha value is -0.610. The molecule has 1 N–H and O–H groups in total. The van der Waals surface area contributed by atoms with E-state index >= 15 is 0 Å². The first-order valence-electron chi connectivity index (χ1n) is 7.07. The van der Waals surface area contributed by atoms with E-state index in [1.54, 1.807) is 0 Å². The maximum atomic E-state index is 12.1. The Labute approximate surface area is 111 Å². The molecule has 1 amide bonds. The fraction of sp³-hybridized carbons (Fsp3) is 0.929. The van der Waals surface area contributed by atoms with E-state index in [-0.39, 0.29) is 17.6 Å². The van der Waals surface area contributed by atoms with Crippen LogP contribution in [0.3, 0.4) is 0 Å². The van der Waals surface area contributed by atoms with Gasteiger partial charge >= 0.3 is 0 Å². The SMILES string of the molecule is CCCOC1CCCN(C(=O)CNC(C)(C)C)C1. The summed E-state index contributed by atoms with van der Waals surface area (Å²) in [6, 6.07) is 0. The van der Waals surface area contributed by atoms with E-state index in [2.05, 4.69) is 33.0 Å². The van der Waals surface area contributed by atoms with E-state index in [1.807, 2.05) is 4.90 Å². The lowest BCUT2D eigenvalue weighted by Gasteiger charge is -2.33. The van der Waals surface area contributed by atoms with Crippen molar-refractivity contribution >= 4 is 5.91 Å². The van der Waals surface area contributed by atoms with Crippen molar-refractivity contribution in [3.05, 3.63) is 0 Å². The molecule has 0 spiro atoms. The molecule has 1 atom stereocenters. The van der Waals surface area contributed by atoms with Gasteiger partial charge in [0.1, 0.15) is 0 Å². The largest absolute Gasteiger partial charge is 0.376 e. The maximum Gasteiger partial charge on any atom is 0.236 e. The number of hydrogen-bond acceptors (Lipinski definition) is 3. The van der Waals surface area contributed by atoms with Gasteiger partial charge in [0, 0.05) is 25.2 Å². The molecule has 1 heterocycles. The van der Waals surface area contributed by atoms with Crippen molar-refractivity contribution in [2.24, 2.45) is 0 Å². The summed E-state index contributed by atoms with van der Waals surface area (Å²) in [5.41, 5.74) is -0.0104. The highest BCUT2D eigenvalue weighted by molar-refractivity contribution is 5.78. The number of nitrogens with one attached hydrogen (secondary N) is 1. The van der Waals surface area contributed by atoms with Crippen LogP contribution in [0, 0.1) is 0 Å². The van der Waals surface area contributed by atoms with Crippen LogP contribution in [0.25, 0.3) is 0 Å². The van der Waals surface area contributed by atoms with Crippen molar-refractivity contribution in [2.45, 2.75) is 58.6 Å².